The maximum Gasteiger partial charge on any atom is 0.239 e. The molecule has 1 saturated heterocycles. The lowest BCUT2D eigenvalue weighted by atomic mass is 10.2. The smallest absolute Gasteiger partial charge is 0.239 e. The van der Waals surface area contributed by atoms with Gasteiger partial charge in [0.2, 0.25) is 11.8 Å². The summed E-state index contributed by atoms with van der Waals surface area (Å²) in [6, 6.07) is 17.4. The van der Waals surface area contributed by atoms with Crippen LogP contribution in [0.3, 0.4) is 0 Å². The number of hydrogen-bond donors (Lipinski definition) is 0. The second-order valence-electron chi connectivity index (χ2n) is 6.98. The van der Waals surface area contributed by atoms with E-state index in [2.05, 4.69) is 9.97 Å². The highest BCUT2D eigenvalue weighted by atomic mass is 32.1. The second kappa shape index (κ2) is 7.97. The van der Waals surface area contributed by atoms with Crippen LogP contribution in [-0.4, -0.2) is 28.3 Å². The van der Waals surface area contributed by atoms with Gasteiger partial charge in [0.25, 0.3) is 0 Å². The van der Waals surface area contributed by atoms with Crippen LogP contribution in [0.2, 0.25) is 0 Å². The quantitative estimate of drug-likeness (QED) is 0.453. The Morgan fingerprint density at radius 3 is 2.63 bits per heavy atom. The van der Waals surface area contributed by atoms with E-state index in [4.69, 9.17) is 0 Å². The topological polar surface area (TPSA) is 66.4 Å². The molecule has 1 aliphatic heterocycles. The van der Waals surface area contributed by atoms with Gasteiger partial charge in [-0.3, -0.25) is 19.4 Å². The predicted octanol–water partition coefficient (Wildman–Crippen LogP) is 4.79. The average molecular weight is 435 g/mol. The van der Waals surface area contributed by atoms with E-state index in [1.54, 1.807) is 9.80 Å². The van der Waals surface area contributed by atoms with Crippen LogP contribution >= 0.6 is 22.7 Å². The fourth-order valence-electron chi connectivity index (χ4n) is 3.48. The molecule has 1 aliphatic rings. The summed E-state index contributed by atoms with van der Waals surface area (Å²) in [6.07, 6.45) is 1.56. The van der Waals surface area contributed by atoms with Gasteiger partial charge in [0.15, 0.2) is 10.3 Å². The van der Waals surface area contributed by atoms with E-state index in [9.17, 15) is 9.59 Å². The van der Waals surface area contributed by atoms with Crippen molar-refractivity contribution in [2.45, 2.75) is 19.3 Å². The van der Waals surface area contributed by atoms with E-state index < -0.39 is 0 Å². The number of fused-ring (bicyclic) bond motifs is 1. The van der Waals surface area contributed by atoms with E-state index in [0.717, 1.165) is 22.3 Å². The molecule has 0 radical (unpaired) electrons. The minimum atomic E-state index is -0.107. The van der Waals surface area contributed by atoms with Gasteiger partial charge in [0, 0.05) is 18.3 Å². The lowest BCUT2D eigenvalue weighted by Crippen LogP contribution is -2.27. The van der Waals surface area contributed by atoms with Crippen LogP contribution in [0.25, 0.3) is 10.2 Å². The Labute approximate surface area is 181 Å². The minimum absolute atomic E-state index is 0.0996. The highest BCUT2D eigenvalue weighted by Gasteiger charge is 2.26. The van der Waals surface area contributed by atoms with Gasteiger partial charge >= 0.3 is 0 Å². The fourth-order valence-corrected chi connectivity index (χ4v) is 5.35. The van der Waals surface area contributed by atoms with Gasteiger partial charge < -0.3 is 0 Å². The van der Waals surface area contributed by atoms with Crippen molar-refractivity contribution >= 4 is 60.7 Å². The van der Waals surface area contributed by atoms with Crippen molar-refractivity contribution in [1.82, 2.24) is 9.97 Å². The van der Waals surface area contributed by atoms with E-state index in [1.807, 2.05) is 60.0 Å². The zero-order chi connectivity index (χ0) is 20.5. The highest BCUT2D eigenvalue weighted by molar-refractivity contribution is 7.22. The zero-order valence-electron chi connectivity index (χ0n) is 16.0. The van der Waals surface area contributed by atoms with E-state index in [0.29, 0.717) is 28.9 Å². The minimum Gasteiger partial charge on any atom is -0.288 e. The molecule has 0 bridgehead atoms. The summed E-state index contributed by atoms with van der Waals surface area (Å²) in [5, 5.41) is 3.17. The van der Waals surface area contributed by atoms with Crippen LogP contribution in [-0.2, 0) is 16.0 Å². The molecule has 4 aromatic rings. The molecule has 0 unspecified atom stereocenters. The van der Waals surface area contributed by atoms with Crippen molar-refractivity contribution in [2.75, 3.05) is 16.3 Å². The predicted molar refractivity (Wildman–Crippen MR) is 121 cm³/mol. The summed E-state index contributed by atoms with van der Waals surface area (Å²) in [5.74, 6) is -0.00697. The Morgan fingerprint density at radius 2 is 1.87 bits per heavy atom. The number of carbonyl (C=O) groups excluding carboxylic acids is 2. The molecule has 3 heterocycles. The molecular formula is C22H18N4O2S2. The first-order valence-electron chi connectivity index (χ1n) is 9.67. The Kier molecular flexibility index (Phi) is 5.02. The molecule has 0 spiro atoms. The third-order valence-electron chi connectivity index (χ3n) is 4.91. The number of aromatic nitrogens is 2. The van der Waals surface area contributed by atoms with E-state index in [1.165, 1.54) is 22.7 Å². The number of hydrogen-bond acceptors (Lipinski definition) is 6. The molecule has 1 fully saturated rings. The first-order chi connectivity index (χ1) is 14.7. The van der Waals surface area contributed by atoms with Crippen molar-refractivity contribution < 1.29 is 9.59 Å². The molecule has 2 aromatic heterocycles. The SMILES string of the molecule is O=C1CCCN1c1nc(CC(=O)N(c2ccccc2)c2nc3ccccc3s2)cs1. The van der Waals surface area contributed by atoms with Crippen LogP contribution in [0.15, 0.2) is 60.0 Å². The highest BCUT2D eigenvalue weighted by Crippen LogP contribution is 2.34. The number of thiazole rings is 2. The van der Waals surface area contributed by atoms with Crippen molar-refractivity contribution in [2.24, 2.45) is 0 Å². The molecule has 6 nitrogen and oxygen atoms in total. The van der Waals surface area contributed by atoms with Gasteiger partial charge in [-0.15, -0.1) is 11.3 Å². The lowest BCUT2D eigenvalue weighted by Gasteiger charge is -2.19. The number of amides is 2. The molecule has 0 aliphatic carbocycles. The largest absolute Gasteiger partial charge is 0.288 e. The first-order valence-corrected chi connectivity index (χ1v) is 11.4. The van der Waals surface area contributed by atoms with Crippen molar-refractivity contribution in [1.29, 1.82) is 0 Å². The van der Waals surface area contributed by atoms with Crippen LogP contribution in [0.1, 0.15) is 18.5 Å². The Balaban J connectivity index is 1.45. The van der Waals surface area contributed by atoms with Crippen LogP contribution in [0.4, 0.5) is 16.0 Å². The number of para-hydroxylation sites is 2. The van der Waals surface area contributed by atoms with Gasteiger partial charge in [0.1, 0.15) is 0 Å². The van der Waals surface area contributed by atoms with E-state index >= 15 is 0 Å². The monoisotopic (exact) mass is 434 g/mol. The number of benzene rings is 2. The Bertz CT molecular complexity index is 1190. The van der Waals surface area contributed by atoms with Gasteiger partial charge in [-0.2, -0.15) is 0 Å². The molecule has 0 atom stereocenters. The molecular weight excluding hydrogens is 416 g/mol. The molecule has 0 saturated carbocycles. The maximum absolute atomic E-state index is 13.4. The Hall–Kier alpha value is -3.10. The third-order valence-corrected chi connectivity index (χ3v) is 6.85. The molecule has 30 heavy (non-hydrogen) atoms. The van der Waals surface area contributed by atoms with Gasteiger partial charge in [0.05, 0.1) is 28.0 Å². The molecule has 0 N–H and O–H groups in total. The summed E-state index contributed by atoms with van der Waals surface area (Å²) >= 11 is 2.90. The van der Waals surface area contributed by atoms with Crippen molar-refractivity contribution in [3.8, 4) is 0 Å². The summed E-state index contributed by atoms with van der Waals surface area (Å²) in [5.41, 5.74) is 2.31. The molecule has 5 rings (SSSR count). The van der Waals surface area contributed by atoms with Crippen molar-refractivity contribution in [3.63, 3.8) is 0 Å². The normalized spacial score (nSPS) is 13.9. The maximum atomic E-state index is 13.4. The number of nitrogens with zero attached hydrogens (tertiary/aromatic N) is 4. The molecule has 2 aromatic carbocycles. The number of rotatable bonds is 5. The molecule has 150 valence electrons. The Morgan fingerprint density at radius 1 is 1.07 bits per heavy atom. The third kappa shape index (κ3) is 3.59. The number of anilines is 3. The summed E-state index contributed by atoms with van der Waals surface area (Å²) in [4.78, 5) is 37.9. The molecule has 2 amide bonds. The van der Waals surface area contributed by atoms with Crippen LogP contribution < -0.4 is 9.80 Å². The van der Waals surface area contributed by atoms with Gasteiger partial charge in [-0.25, -0.2) is 9.97 Å². The van der Waals surface area contributed by atoms with Crippen LogP contribution in [0.5, 0.6) is 0 Å². The fraction of sp³-hybridized carbons (Fsp3) is 0.182. The van der Waals surface area contributed by atoms with E-state index in [-0.39, 0.29) is 18.2 Å². The summed E-state index contributed by atoms with van der Waals surface area (Å²) < 4.78 is 1.03. The first kappa shape index (κ1) is 18.9. The lowest BCUT2D eigenvalue weighted by molar-refractivity contribution is -0.117. The zero-order valence-corrected chi connectivity index (χ0v) is 17.7. The average Bonchev–Trinajstić information content (AvgIpc) is 3.48. The number of carbonyl (C=O) groups is 2. The summed E-state index contributed by atoms with van der Waals surface area (Å²) in [7, 11) is 0. The van der Waals surface area contributed by atoms with Crippen molar-refractivity contribution in [3.05, 3.63) is 65.7 Å². The summed E-state index contributed by atoms with van der Waals surface area (Å²) in [6.45, 7) is 0.696. The van der Waals surface area contributed by atoms with Gasteiger partial charge in [-0.05, 0) is 30.7 Å². The standard InChI is InChI=1S/C22H18N4O2S2/c27-19-11-6-12-25(19)21-23-15(14-29-21)13-20(28)26(16-7-2-1-3-8-16)22-24-17-9-4-5-10-18(17)30-22/h1-5,7-10,14H,6,11-13H2. The second-order valence-corrected chi connectivity index (χ2v) is 8.82. The molecule has 8 heteroatoms. The van der Waals surface area contributed by atoms with Gasteiger partial charge in [-0.1, -0.05) is 41.7 Å². The van der Waals surface area contributed by atoms with Crippen LogP contribution in [0, 0.1) is 0 Å².